The smallest absolute Gasteiger partial charge is 0.262 e. The molecule has 19 heavy (non-hydrogen) atoms. The number of nitrogens with zero attached hydrogens (tertiary/aromatic N) is 3. The molecule has 0 fully saturated rings. The van der Waals surface area contributed by atoms with Gasteiger partial charge in [0.2, 0.25) is 0 Å². The normalized spacial score (nSPS) is 11.1. The van der Waals surface area contributed by atoms with Gasteiger partial charge < -0.3 is 10.2 Å². The fraction of sp³-hybridized carbons (Fsp3) is 0.154. The van der Waals surface area contributed by atoms with Gasteiger partial charge in [-0.3, -0.25) is 0 Å². The van der Waals surface area contributed by atoms with Crippen molar-refractivity contribution in [1.29, 1.82) is 0 Å². The number of benzene rings is 1. The van der Waals surface area contributed by atoms with E-state index in [2.05, 4.69) is 15.0 Å². The van der Waals surface area contributed by atoms with Gasteiger partial charge in [-0.15, -0.1) is 0 Å². The van der Waals surface area contributed by atoms with Crippen LogP contribution in [-0.4, -0.2) is 15.0 Å². The van der Waals surface area contributed by atoms with Gasteiger partial charge in [-0.05, 0) is 43.8 Å². The summed E-state index contributed by atoms with van der Waals surface area (Å²) in [5, 5.41) is 2.34. The molecule has 5 nitrogen and oxygen atoms in total. The van der Waals surface area contributed by atoms with Crippen LogP contribution in [0.2, 0.25) is 0 Å². The summed E-state index contributed by atoms with van der Waals surface area (Å²) in [5.74, 6) is 0.824. The number of aromatic nitrogens is 3. The van der Waals surface area contributed by atoms with E-state index >= 15 is 0 Å². The van der Waals surface area contributed by atoms with Crippen LogP contribution >= 0.6 is 11.8 Å². The zero-order chi connectivity index (χ0) is 13.4. The van der Waals surface area contributed by atoms with Crippen molar-refractivity contribution in [3.8, 4) is 0 Å². The van der Waals surface area contributed by atoms with Gasteiger partial charge in [-0.2, -0.15) is 0 Å². The summed E-state index contributed by atoms with van der Waals surface area (Å²) in [5.41, 5.74) is 8.15. The van der Waals surface area contributed by atoms with Gasteiger partial charge in [0.15, 0.2) is 0 Å². The van der Waals surface area contributed by atoms with E-state index in [1.165, 1.54) is 18.1 Å². The molecule has 0 radical (unpaired) electrons. The van der Waals surface area contributed by atoms with E-state index in [4.69, 9.17) is 10.2 Å². The lowest BCUT2D eigenvalue weighted by atomic mass is 10.2. The Morgan fingerprint density at radius 3 is 2.79 bits per heavy atom. The maximum atomic E-state index is 5.75. The first kappa shape index (κ1) is 12.0. The summed E-state index contributed by atoms with van der Waals surface area (Å²) in [7, 11) is 0. The number of anilines is 1. The molecule has 0 spiro atoms. The molecular weight excluding hydrogens is 260 g/mol. The molecule has 1 aromatic carbocycles. The zero-order valence-corrected chi connectivity index (χ0v) is 11.4. The number of oxazole rings is 1. The lowest BCUT2D eigenvalue weighted by molar-refractivity contribution is 0.431. The van der Waals surface area contributed by atoms with Crippen LogP contribution in [0.1, 0.15) is 11.5 Å². The van der Waals surface area contributed by atoms with E-state index in [1.54, 1.807) is 0 Å². The molecule has 0 aliphatic rings. The SMILES string of the molecule is Cc1nc(Sc2ncnc3cc(N)ccc23)oc1C. The molecule has 0 amide bonds. The lowest BCUT2D eigenvalue weighted by Gasteiger charge is -2.02. The Bertz CT molecular complexity index is 734. The molecule has 0 unspecified atom stereocenters. The highest BCUT2D eigenvalue weighted by Gasteiger charge is 2.11. The van der Waals surface area contributed by atoms with E-state index in [9.17, 15) is 0 Å². The number of rotatable bonds is 2. The van der Waals surface area contributed by atoms with E-state index in [0.29, 0.717) is 10.9 Å². The van der Waals surface area contributed by atoms with Crippen molar-refractivity contribution in [2.75, 3.05) is 5.73 Å². The third-order valence-corrected chi connectivity index (χ3v) is 3.68. The number of nitrogen functional groups attached to an aromatic ring is 1. The molecule has 3 aromatic rings. The minimum absolute atomic E-state index is 0.590. The standard InChI is InChI=1S/C13H12N4OS/c1-7-8(2)18-13(17-7)19-12-10-4-3-9(14)5-11(10)15-6-16-12/h3-6H,14H2,1-2H3. The molecule has 0 aliphatic carbocycles. The van der Waals surface area contributed by atoms with Gasteiger partial charge in [-0.1, -0.05) is 0 Å². The molecule has 2 N–H and O–H groups in total. The Hall–Kier alpha value is -2.08. The molecule has 0 atom stereocenters. The first-order valence-electron chi connectivity index (χ1n) is 5.75. The Morgan fingerprint density at radius 2 is 2.05 bits per heavy atom. The first-order chi connectivity index (χ1) is 9.13. The summed E-state index contributed by atoms with van der Waals surface area (Å²) >= 11 is 1.39. The second kappa shape index (κ2) is 4.55. The maximum absolute atomic E-state index is 5.75. The Kier molecular flexibility index (Phi) is 2.87. The van der Waals surface area contributed by atoms with E-state index < -0.39 is 0 Å². The van der Waals surface area contributed by atoms with Crippen LogP contribution in [0.25, 0.3) is 10.9 Å². The largest absolute Gasteiger partial charge is 0.436 e. The van der Waals surface area contributed by atoms with Gasteiger partial charge >= 0.3 is 0 Å². The molecule has 2 aromatic heterocycles. The lowest BCUT2D eigenvalue weighted by Crippen LogP contribution is -1.90. The van der Waals surface area contributed by atoms with Crippen LogP contribution in [0.4, 0.5) is 5.69 Å². The van der Waals surface area contributed by atoms with E-state index in [0.717, 1.165) is 27.4 Å². The monoisotopic (exact) mass is 272 g/mol. The van der Waals surface area contributed by atoms with Crippen molar-refractivity contribution in [3.05, 3.63) is 36.0 Å². The number of aryl methyl sites for hydroxylation is 2. The Balaban J connectivity index is 2.05. The third-order valence-electron chi connectivity index (χ3n) is 2.82. The Labute approximate surface area is 114 Å². The highest BCUT2D eigenvalue weighted by atomic mass is 32.2. The van der Waals surface area contributed by atoms with Crippen molar-refractivity contribution in [1.82, 2.24) is 15.0 Å². The van der Waals surface area contributed by atoms with Crippen molar-refractivity contribution in [2.24, 2.45) is 0 Å². The molecule has 3 rings (SSSR count). The predicted octanol–water partition coefficient (Wildman–Crippen LogP) is 2.97. The first-order valence-corrected chi connectivity index (χ1v) is 6.57. The van der Waals surface area contributed by atoms with Gasteiger partial charge in [-0.25, -0.2) is 15.0 Å². The van der Waals surface area contributed by atoms with Gasteiger partial charge in [0.25, 0.3) is 5.22 Å². The van der Waals surface area contributed by atoms with Crippen molar-refractivity contribution in [3.63, 3.8) is 0 Å². The fourth-order valence-electron chi connectivity index (χ4n) is 1.70. The van der Waals surface area contributed by atoms with Crippen LogP contribution < -0.4 is 5.73 Å². The maximum Gasteiger partial charge on any atom is 0.262 e. The molecule has 0 saturated carbocycles. The van der Waals surface area contributed by atoms with Crippen molar-refractivity contribution < 1.29 is 4.42 Å². The molecule has 6 heteroatoms. The summed E-state index contributed by atoms with van der Waals surface area (Å²) in [6.07, 6.45) is 1.52. The molecule has 0 saturated heterocycles. The average Bonchev–Trinajstić information content (AvgIpc) is 2.68. The molecular formula is C13H12N4OS. The minimum Gasteiger partial charge on any atom is -0.436 e. The van der Waals surface area contributed by atoms with Crippen LogP contribution in [-0.2, 0) is 0 Å². The second-order valence-electron chi connectivity index (χ2n) is 4.18. The molecule has 96 valence electrons. The quantitative estimate of drug-likeness (QED) is 0.571. The number of fused-ring (bicyclic) bond motifs is 1. The fourth-order valence-corrected chi connectivity index (χ4v) is 2.60. The second-order valence-corrected chi connectivity index (χ2v) is 5.12. The van der Waals surface area contributed by atoms with Crippen molar-refractivity contribution in [2.45, 2.75) is 24.1 Å². The summed E-state index contributed by atoms with van der Waals surface area (Å²) in [4.78, 5) is 12.8. The summed E-state index contributed by atoms with van der Waals surface area (Å²) in [6.45, 7) is 3.81. The van der Waals surface area contributed by atoms with Crippen LogP contribution in [0.5, 0.6) is 0 Å². The van der Waals surface area contributed by atoms with Crippen LogP contribution in [0, 0.1) is 13.8 Å². The van der Waals surface area contributed by atoms with Crippen LogP contribution in [0.3, 0.4) is 0 Å². The van der Waals surface area contributed by atoms with Gasteiger partial charge in [0.05, 0.1) is 11.2 Å². The highest BCUT2D eigenvalue weighted by molar-refractivity contribution is 7.99. The van der Waals surface area contributed by atoms with E-state index in [1.807, 2.05) is 32.0 Å². The topological polar surface area (TPSA) is 77.8 Å². The predicted molar refractivity (Wildman–Crippen MR) is 74.1 cm³/mol. The van der Waals surface area contributed by atoms with Gasteiger partial charge in [0.1, 0.15) is 17.1 Å². The van der Waals surface area contributed by atoms with Gasteiger partial charge in [0, 0.05) is 11.1 Å². The summed E-state index contributed by atoms with van der Waals surface area (Å²) < 4.78 is 5.56. The van der Waals surface area contributed by atoms with E-state index in [-0.39, 0.29) is 0 Å². The zero-order valence-electron chi connectivity index (χ0n) is 10.5. The Morgan fingerprint density at radius 1 is 1.21 bits per heavy atom. The molecule has 2 heterocycles. The number of hydrogen-bond acceptors (Lipinski definition) is 6. The number of nitrogens with two attached hydrogens (primary N) is 1. The van der Waals surface area contributed by atoms with Crippen LogP contribution in [0.15, 0.2) is 39.2 Å². The third kappa shape index (κ3) is 2.26. The average molecular weight is 272 g/mol. The highest BCUT2D eigenvalue weighted by Crippen LogP contribution is 2.31. The number of hydrogen-bond donors (Lipinski definition) is 1. The minimum atomic E-state index is 0.590. The summed E-state index contributed by atoms with van der Waals surface area (Å²) in [6, 6.07) is 5.57. The van der Waals surface area contributed by atoms with Crippen molar-refractivity contribution >= 4 is 28.4 Å². The molecule has 0 aliphatic heterocycles. The molecule has 0 bridgehead atoms.